The lowest BCUT2D eigenvalue weighted by atomic mass is 10.0. The summed E-state index contributed by atoms with van der Waals surface area (Å²) in [6, 6.07) is 10.2. The molecular formula is C17H29N3O2. The molecule has 1 aromatic rings. The van der Waals surface area contributed by atoms with Gasteiger partial charge in [-0.15, -0.1) is 0 Å². The summed E-state index contributed by atoms with van der Waals surface area (Å²) >= 11 is 0. The molecule has 0 fully saturated rings. The highest BCUT2D eigenvalue weighted by atomic mass is 16.3. The van der Waals surface area contributed by atoms with E-state index in [9.17, 15) is 4.79 Å². The van der Waals surface area contributed by atoms with Crippen LogP contribution in [0.4, 0.5) is 4.79 Å². The minimum atomic E-state index is -0.187. The number of aliphatic hydroxyl groups is 1. The summed E-state index contributed by atoms with van der Waals surface area (Å²) in [6.45, 7) is 4.45. The van der Waals surface area contributed by atoms with Crippen molar-refractivity contribution in [2.45, 2.75) is 32.4 Å². The lowest BCUT2D eigenvalue weighted by molar-refractivity contribution is 0.198. The molecule has 0 aromatic heterocycles. The molecule has 5 heteroatoms. The van der Waals surface area contributed by atoms with Gasteiger partial charge in [-0.05, 0) is 38.9 Å². The summed E-state index contributed by atoms with van der Waals surface area (Å²) in [6.07, 6.45) is 0.886. The molecule has 0 spiro atoms. The Hall–Kier alpha value is -1.59. The second-order valence-corrected chi connectivity index (χ2v) is 6.11. The molecule has 1 aromatic carbocycles. The van der Waals surface area contributed by atoms with Crippen LogP contribution in [0.1, 0.15) is 19.4 Å². The second kappa shape index (κ2) is 9.43. The number of hydrogen-bond acceptors (Lipinski definition) is 3. The summed E-state index contributed by atoms with van der Waals surface area (Å²) in [7, 11) is 4.04. The first-order valence-electron chi connectivity index (χ1n) is 7.79. The number of nitrogens with zero attached hydrogens (tertiary/aromatic N) is 1. The third-order valence-electron chi connectivity index (χ3n) is 4.04. The van der Waals surface area contributed by atoms with Crippen LogP contribution in [0, 0.1) is 5.92 Å². The molecular weight excluding hydrogens is 278 g/mol. The van der Waals surface area contributed by atoms with Crippen LogP contribution in [0.15, 0.2) is 30.3 Å². The van der Waals surface area contributed by atoms with Gasteiger partial charge in [-0.1, -0.05) is 37.3 Å². The molecule has 0 aliphatic heterocycles. The topological polar surface area (TPSA) is 64.6 Å². The molecule has 3 atom stereocenters. The number of carbonyl (C=O) groups excluding carboxylic acids is 1. The molecule has 5 nitrogen and oxygen atoms in total. The van der Waals surface area contributed by atoms with E-state index in [0.717, 1.165) is 6.42 Å². The second-order valence-electron chi connectivity index (χ2n) is 6.11. The molecule has 0 saturated heterocycles. The highest BCUT2D eigenvalue weighted by Crippen LogP contribution is 2.06. The molecule has 124 valence electrons. The first kappa shape index (κ1) is 18.5. The lowest BCUT2D eigenvalue weighted by Crippen LogP contribution is -2.48. The number of rotatable bonds is 8. The van der Waals surface area contributed by atoms with Crippen LogP contribution in [-0.2, 0) is 6.42 Å². The summed E-state index contributed by atoms with van der Waals surface area (Å²) in [5.41, 5.74) is 1.26. The van der Waals surface area contributed by atoms with Crippen molar-refractivity contribution in [1.82, 2.24) is 15.5 Å². The largest absolute Gasteiger partial charge is 0.396 e. The first-order chi connectivity index (χ1) is 10.4. The van der Waals surface area contributed by atoms with E-state index >= 15 is 0 Å². The SMILES string of the molecule is CC(CO)C(C)NC(=O)NCC(Cc1ccccc1)N(C)C. The molecule has 2 amide bonds. The smallest absolute Gasteiger partial charge is 0.315 e. The number of carbonyl (C=O) groups is 1. The van der Waals surface area contributed by atoms with Gasteiger partial charge in [0.1, 0.15) is 0 Å². The Morgan fingerprint density at radius 3 is 2.41 bits per heavy atom. The Balaban J connectivity index is 2.46. The average molecular weight is 307 g/mol. The van der Waals surface area contributed by atoms with Gasteiger partial charge in [-0.2, -0.15) is 0 Å². The Morgan fingerprint density at radius 2 is 1.86 bits per heavy atom. The molecule has 0 aliphatic carbocycles. The summed E-state index contributed by atoms with van der Waals surface area (Å²) < 4.78 is 0. The number of benzene rings is 1. The number of hydrogen-bond donors (Lipinski definition) is 3. The Bertz CT molecular complexity index is 437. The van der Waals surface area contributed by atoms with Crippen LogP contribution < -0.4 is 10.6 Å². The Labute approximate surface area is 133 Å². The normalized spacial score (nSPS) is 15.2. The van der Waals surface area contributed by atoms with Gasteiger partial charge in [-0.25, -0.2) is 4.79 Å². The van der Waals surface area contributed by atoms with Crippen LogP contribution in [0.25, 0.3) is 0 Å². The van der Waals surface area contributed by atoms with E-state index in [1.807, 2.05) is 46.1 Å². The van der Waals surface area contributed by atoms with Crippen LogP contribution >= 0.6 is 0 Å². The van der Waals surface area contributed by atoms with Crippen molar-refractivity contribution < 1.29 is 9.90 Å². The third kappa shape index (κ3) is 6.45. The van der Waals surface area contributed by atoms with E-state index in [2.05, 4.69) is 27.7 Å². The molecule has 0 radical (unpaired) electrons. The first-order valence-corrected chi connectivity index (χ1v) is 7.79. The van der Waals surface area contributed by atoms with Crippen LogP contribution in [-0.4, -0.2) is 55.4 Å². The van der Waals surface area contributed by atoms with Gasteiger partial charge in [0.15, 0.2) is 0 Å². The number of urea groups is 1. The zero-order chi connectivity index (χ0) is 16.5. The zero-order valence-electron chi connectivity index (χ0n) is 14.0. The van der Waals surface area contributed by atoms with Gasteiger partial charge in [0.2, 0.25) is 0 Å². The lowest BCUT2D eigenvalue weighted by Gasteiger charge is -2.26. The molecule has 0 bridgehead atoms. The highest BCUT2D eigenvalue weighted by Gasteiger charge is 2.16. The van der Waals surface area contributed by atoms with Crippen molar-refractivity contribution in [3.8, 4) is 0 Å². The van der Waals surface area contributed by atoms with E-state index in [1.54, 1.807) is 0 Å². The Kier molecular flexibility index (Phi) is 7.91. The number of amides is 2. The molecule has 3 unspecified atom stereocenters. The van der Waals surface area contributed by atoms with Crippen molar-refractivity contribution in [2.24, 2.45) is 5.92 Å². The van der Waals surface area contributed by atoms with E-state index < -0.39 is 0 Å². The van der Waals surface area contributed by atoms with Crippen LogP contribution in [0.2, 0.25) is 0 Å². The fourth-order valence-electron chi connectivity index (χ4n) is 2.09. The van der Waals surface area contributed by atoms with Crippen molar-refractivity contribution in [2.75, 3.05) is 27.2 Å². The van der Waals surface area contributed by atoms with Gasteiger partial charge in [0.25, 0.3) is 0 Å². The maximum atomic E-state index is 11.9. The van der Waals surface area contributed by atoms with E-state index in [4.69, 9.17) is 5.11 Å². The van der Waals surface area contributed by atoms with Crippen molar-refractivity contribution >= 4 is 6.03 Å². The van der Waals surface area contributed by atoms with E-state index in [-0.39, 0.29) is 30.6 Å². The standard InChI is InChI=1S/C17H29N3O2/c1-13(12-21)14(2)19-17(22)18-11-16(20(3)4)10-15-8-6-5-7-9-15/h5-9,13-14,16,21H,10-12H2,1-4H3,(H2,18,19,22). The fourth-order valence-corrected chi connectivity index (χ4v) is 2.09. The van der Waals surface area contributed by atoms with Crippen molar-refractivity contribution in [1.29, 1.82) is 0 Å². The number of aliphatic hydroxyl groups excluding tert-OH is 1. The van der Waals surface area contributed by atoms with Gasteiger partial charge in [-0.3, -0.25) is 0 Å². The minimum absolute atomic E-state index is 0.0414. The number of nitrogens with one attached hydrogen (secondary N) is 2. The molecule has 0 aliphatic rings. The fraction of sp³-hybridized carbons (Fsp3) is 0.588. The third-order valence-corrected chi connectivity index (χ3v) is 4.04. The summed E-state index contributed by atoms with van der Waals surface area (Å²) in [5, 5.41) is 14.9. The highest BCUT2D eigenvalue weighted by molar-refractivity contribution is 5.74. The molecule has 0 heterocycles. The molecule has 22 heavy (non-hydrogen) atoms. The average Bonchev–Trinajstić information content (AvgIpc) is 2.51. The quantitative estimate of drug-likeness (QED) is 0.681. The minimum Gasteiger partial charge on any atom is -0.396 e. The monoisotopic (exact) mass is 307 g/mol. The predicted octanol–water partition coefficient (Wildman–Crippen LogP) is 1.48. The van der Waals surface area contributed by atoms with Gasteiger partial charge in [0.05, 0.1) is 0 Å². The van der Waals surface area contributed by atoms with E-state index in [1.165, 1.54) is 5.56 Å². The summed E-state index contributed by atoms with van der Waals surface area (Å²) in [4.78, 5) is 14.0. The maximum Gasteiger partial charge on any atom is 0.315 e. The summed E-state index contributed by atoms with van der Waals surface area (Å²) in [5.74, 6) is 0.0414. The van der Waals surface area contributed by atoms with Crippen molar-refractivity contribution in [3.63, 3.8) is 0 Å². The van der Waals surface area contributed by atoms with Crippen molar-refractivity contribution in [3.05, 3.63) is 35.9 Å². The Morgan fingerprint density at radius 1 is 1.23 bits per heavy atom. The predicted molar refractivity (Wildman–Crippen MR) is 89.9 cm³/mol. The molecule has 3 N–H and O–H groups in total. The van der Waals surface area contributed by atoms with E-state index in [0.29, 0.717) is 6.54 Å². The van der Waals surface area contributed by atoms with Crippen LogP contribution in [0.5, 0.6) is 0 Å². The van der Waals surface area contributed by atoms with Gasteiger partial charge < -0.3 is 20.6 Å². The van der Waals surface area contributed by atoms with Gasteiger partial charge >= 0.3 is 6.03 Å². The molecule has 1 rings (SSSR count). The number of likely N-dealkylation sites (N-methyl/N-ethyl adjacent to an activating group) is 1. The van der Waals surface area contributed by atoms with Gasteiger partial charge in [0, 0.05) is 25.2 Å². The molecule has 0 saturated carbocycles. The van der Waals surface area contributed by atoms with Crippen LogP contribution in [0.3, 0.4) is 0 Å². The maximum absolute atomic E-state index is 11.9. The zero-order valence-corrected chi connectivity index (χ0v) is 14.0.